The van der Waals surface area contributed by atoms with Crippen LogP contribution in [0.1, 0.15) is 45.5 Å². The van der Waals surface area contributed by atoms with Gasteiger partial charge in [-0.2, -0.15) is 0 Å². The molecule has 1 fully saturated rings. The third-order valence-electron chi connectivity index (χ3n) is 6.21. The number of nitrogens with zero attached hydrogens (tertiary/aromatic N) is 1. The van der Waals surface area contributed by atoms with Crippen LogP contribution in [0.25, 0.3) is 0 Å². The molecule has 1 heterocycles. The Kier molecular flexibility index (Phi) is 7.34. The molecule has 0 bridgehead atoms. The largest absolute Gasteiger partial charge is 0.348 e. The summed E-state index contributed by atoms with van der Waals surface area (Å²) in [6.07, 6.45) is 2.54. The van der Waals surface area contributed by atoms with Crippen molar-refractivity contribution < 1.29 is 13.2 Å². The van der Waals surface area contributed by atoms with E-state index in [4.69, 9.17) is 0 Å². The van der Waals surface area contributed by atoms with Crippen molar-refractivity contribution in [3.63, 3.8) is 0 Å². The van der Waals surface area contributed by atoms with Gasteiger partial charge in [0.15, 0.2) is 0 Å². The number of hydrogen-bond donors (Lipinski definition) is 2. The molecule has 0 unspecified atom stereocenters. The third kappa shape index (κ3) is 5.85. The van der Waals surface area contributed by atoms with Crippen molar-refractivity contribution in [3.05, 3.63) is 94.5 Å². The summed E-state index contributed by atoms with van der Waals surface area (Å²) >= 11 is 0. The second-order valence-electron chi connectivity index (χ2n) is 8.88. The fourth-order valence-corrected chi connectivity index (χ4v) is 5.57. The highest BCUT2D eigenvalue weighted by Gasteiger charge is 2.20. The second-order valence-corrected chi connectivity index (χ2v) is 10.5. The van der Waals surface area contributed by atoms with Gasteiger partial charge in [0.05, 0.1) is 10.6 Å². The Morgan fingerprint density at radius 3 is 2.26 bits per heavy atom. The maximum Gasteiger partial charge on any atom is 0.262 e. The normalized spacial score (nSPS) is 14.2. The van der Waals surface area contributed by atoms with Gasteiger partial charge in [-0.15, -0.1) is 0 Å². The van der Waals surface area contributed by atoms with Crippen molar-refractivity contribution in [3.8, 4) is 0 Å². The quantitative estimate of drug-likeness (QED) is 0.496. The standard InChI is InChI=1S/C27H31N3O3S/c1-20-7-3-4-8-25(20)29-34(32,33)26-17-24(14-9-21(26)2)27(31)28-18-22-10-12-23(13-11-22)19-30-15-5-6-16-30/h3-4,7-14,17,29H,5-6,15-16,18-19H2,1-2H3,(H,28,31). The molecule has 0 radical (unpaired) electrons. The van der Waals surface area contributed by atoms with Gasteiger partial charge in [0.25, 0.3) is 15.9 Å². The molecule has 178 valence electrons. The molecule has 1 saturated heterocycles. The molecule has 0 saturated carbocycles. The first-order chi connectivity index (χ1) is 16.3. The zero-order valence-corrected chi connectivity index (χ0v) is 20.5. The topological polar surface area (TPSA) is 78.5 Å². The lowest BCUT2D eigenvalue weighted by Gasteiger charge is -2.15. The van der Waals surface area contributed by atoms with Crippen LogP contribution in [-0.4, -0.2) is 32.3 Å². The van der Waals surface area contributed by atoms with Gasteiger partial charge in [-0.25, -0.2) is 8.42 Å². The minimum atomic E-state index is -3.84. The van der Waals surface area contributed by atoms with Crippen LogP contribution in [0.4, 0.5) is 5.69 Å². The number of rotatable bonds is 8. The Bertz CT molecular complexity index is 1260. The number of sulfonamides is 1. The van der Waals surface area contributed by atoms with Gasteiger partial charge in [-0.1, -0.05) is 48.5 Å². The maximum absolute atomic E-state index is 13.0. The predicted molar refractivity (Wildman–Crippen MR) is 135 cm³/mol. The van der Waals surface area contributed by atoms with Gasteiger partial charge in [0, 0.05) is 18.7 Å². The monoisotopic (exact) mass is 477 g/mol. The molecule has 1 aliphatic rings. The number of likely N-dealkylation sites (tertiary alicyclic amines) is 1. The number of benzene rings is 3. The summed E-state index contributed by atoms with van der Waals surface area (Å²) in [6, 6.07) is 20.2. The molecule has 0 atom stereocenters. The number of anilines is 1. The molecular weight excluding hydrogens is 446 g/mol. The van der Waals surface area contributed by atoms with Crippen LogP contribution in [0.2, 0.25) is 0 Å². The molecule has 3 aromatic carbocycles. The Morgan fingerprint density at radius 2 is 1.56 bits per heavy atom. The molecule has 0 spiro atoms. The molecule has 34 heavy (non-hydrogen) atoms. The average molecular weight is 478 g/mol. The van der Waals surface area contributed by atoms with Gasteiger partial charge in [-0.3, -0.25) is 14.4 Å². The van der Waals surface area contributed by atoms with E-state index in [1.165, 1.54) is 24.5 Å². The highest BCUT2D eigenvalue weighted by Crippen LogP contribution is 2.23. The Hall–Kier alpha value is -3.16. The number of aryl methyl sites for hydroxylation is 2. The number of carbonyl (C=O) groups is 1. The van der Waals surface area contributed by atoms with E-state index in [1.807, 2.05) is 31.2 Å². The van der Waals surface area contributed by atoms with E-state index in [2.05, 4.69) is 27.1 Å². The van der Waals surface area contributed by atoms with E-state index in [0.717, 1.165) is 30.8 Å². The van der Waals surface area contributed by atoms with Crippen molar-refractivity contribution in [2.45, 2.75) is 44.7 Å². The van der Waals surface area contributed by atoms with Crippen LogP contribution in [-0.2, 0) is 23.1 Å². The molecule has 4 rings (SSSR count). The molecule has 1 amide bonds. The highest BCUT2D eigenvalue weighted by molar-refractivity contribution is 7.92. The molecule has 2 N–H and O–H groups in total. The summed E-state index contributed by atoms with van der Waals surface area (Å²) in [7, 11) is -3.84. The van der Waals surface area contributed by atoms with Crippen molar-refractivity contribution >= 4 is 21.6 Å². The van der Waals surface area contributed by atoms with Crippen LogP contribution in [0, 0.1) is 13.8 Å². The van der Waals surface area contributed by atoms with Crippen molar-refractivity contribution in [2.24, 2.45) is 0 Å². The summed E-state index contributed by atoms with van der Waals surface area (Å²) in [4.78, 5) is 15.3. The maximum atomic E-state index is 13.0. The molecule has 3 aromatic rings. The minimum absolute atomic E-state index is 0.0923. The third-order valence-corrected chi connectivity index (χ3v) is 7.72. The average Bonchev–Trinajstić information content (AvgIpc) is 3.33. The fourth-order valence-electron chi connectivity index (χ4n) is 4.16. The highest BCUT2D eigenvalue weighted by atomic mass is 32.2. The predicted octanol–water partition coefficient (Wildman–Crippen LogP) is 4.63. The lowest BCUT2D eigenvalue weighted by atomic mass is 10.1. The SMILES string of the molecule is Cc1ccccc1NS(=O)(=O)c1cc(C(=O)NCc2ccc(CN3CCCC3)cc2)ccc1C. The van der Waals surface area contributed by atoms with Gasteiger partial charge >= 0.3 is 0 Å². The Balaban J connectivity index is 1.41. The number of para-hydroxylation sites is 1. The first-order valence-corrected chi connectivity index (χ1v) is 13.1. The van der Waals surface area contributed by atoms with E-state index in [-0.39, 0.29) is 10.8 Å². The molecule has 7 heteroatoms. The van der Waals surface area contributed by atoms with Gasteiger partial charge in [-0.05, 0) is 80.2 Å². The van der Waals surface area contributed by atoms with E-state index in [1.54, 1.807) is 31.2 Å². The lowest BCUT2D eigenvalue weighted by Crippen LogP contribution is -2.24. The van der Waals surface area contributed by atoms with Crippen molar-refractivity contribution in [1.82, 2.24) is 10.2 Å². The molecule has 0 aliphatic carbocycles. The van der Waals surface area contributed by atoms with Gasteiger partial charge < -0.3 is 5.32 Å². The zero-order chi connectivity index (χ0) is 24.1. The summed E-state index contributed by atoms with van der Waals surface area (Å²) in [5.41, 5.74) is 4.49. The summed E-state index contributed by atoms with van der Waals surface area (Å²) in [6.45, 7) is 7.22. The van der Waals surface area contributed by atoms with Crippen LogP contribution in [0.5, 0.6) is 0 Å². The number of hydrogen-bond acceptors (Lipinski definition) is 4. The first-order valence-electron chi connectivity index (χ1n) is 11.6. The fraction of sp³-hybridized carbons (Fsp3) is 0.296. The van der Waals surface area contributed by atoms with Crippen molar-refractivity contribution in [2.75, 3.05) is 17.8 Å². The van der Waals surface area contributed by atoms with E-state index >= 15 is 0 Å². The smallest absolute Gasteiger partial charge is 0.262 e. The van der Waals surface area contributed by atoms with Crippen LogP contribution < -0.4 is 10.0 Å². The second kappa shape index (κ2) is 10.4. The minimum Gasteiger partial charge on any atom is -0.348 e. The summed E-state index contributed by atoms with van der Waals surface area (Å²) in [5, 5.41) is 2.90. The first kappa shape index (κ1) is 24.0. The molecule has 0 aromatic heterocycles. The van der Waals surface area contributed by atoms with Gasteiger partial charge in [0.2, 0.25) is 0 Å². The molecule has 6 nitrogen and oxygen atoms in total. The number of carbonyl (C=O) groups excluding carboxylic acids is 1. The van der Waals surface area contributed by atoms with Crippen LogP contribution >= 0.6 is 0 Å². The van der Waals surface area contributed by atoms with E-state index in [0.29, 0.717) is 23.4 Å². The van der Waals surface area contributed by atoms with E-state index in [9.17, 15) is 13.2 Å². The molecule has 1 aliphatic heterocycles. The molecular formula is C27H31N3O3S. The number of amides is 1. The van der Waals surface area contributed by atoms with Crippen LogP contribution in [0.15, 0.2) is 71.6 Å². The van der Waals surface area contributed by atoms with E-state index < -0.39 is 10.0 Å². The Morgan fingerprint density at radius 1 is 0.882 bits per heavy atom. The van der Waals surface area contributed by atoms with Crippen LogP contribution in [0.3, 0.4) is 0 Å². The lowest BCUT2D eigenvalue weighted by molar-refractivity contribution is 0.0950. The Labute approximate surface area is 202 Å². The van der Waals surface area contributed by atoms with Gasteiger partial charge in [0.1, 0.15) is 0 Å². The zero-order valence-electron chi connectivity index (χ0n) is 19.7. The summed E-state index contributed by atoms with van der Waals surface area (Å²) in [5.74, 6) is -0.312. The number of nitrogens with one attached hydrogen (secondary N) is 2. The van der Waals surface area contributed by atoms with Crippen molar-refractivity contribution in [1.29, 1.82) is 0 Å². The summed E-state index contributed by atoms with van der Waals surface area (Å²) < 4.78 is 28.7.